The molecule has 4 atom stereocenters. The van der Waals surface area contributed by atoms with Gasteiger partial charge in [-0.2, -0.15) is 0 Å². The summed E-state index contributed by atoms with van der Waals surface area (Å²) >= 11 is 0. The van der Waals surface area contributed by atoms with E-state index in [9.17, 15) is 19.8 Å². The van der Waals surface area contributed by atoms with Crippen LogP contribution in [0.2, 0.25) is 0 Å². The Balaban J connectivity index is 2.45. The van der Waals surface area contributed by atoms with Crippen molar-refractivity contribution in [3.05, 3.63) is 33.1 Å². The zero-order chi connectivity index (χ0) is 14.4. The summed E-state index contributed by atoms with van der Waals surface area (Å²) in [7, 11) is 0. The fourth-order valence-electron chi connectivity index (χ4n) is 2.38. The van der Waals surface area contributed by atoms with Crippen molar-refractivity contribution in [3.63, 3.8) is 0 Å². The molecule has 0 unspecified atom stereocenters. The maximum Gasteiger partial charge on any atom is 0.330 e. The first-order chi connectivity index (χ1) is 8.75. The molecular weight excluding hydrogens is 252 g/mol. The van der Waals surface area contributed by atoms with Gasteiger partial charge in [0.15, 0.2) is 0 Å². The largest absolute Gasteiger partial charge is 0.391 e. The Morgan fingerprint density at radius 3 is 2.58 bits per heavy atom. The number of aliphatic hydroxyl groups is 2. The predicted molar refractivity (Wildman–Crippen MR) is 66.7 cm³/mol. The molecule has 19 heavy (non-hydrogen) atoms. The molecule has 0 aromatic carbocycles. The third-order valence-electron chi connectivity index (χ3n) is 3.58. The first-order valence-electron chi connectivity index (χ1n) is 6.08. The first-order valence-corrected chi connectivity index (χ1v) is 6.08. The molecule has 1 aliphatic heterocycles. The average molecular weight is 270 g/mol. The second-order valence-electron chi connectivity index (χ2n) is 5.48. The van der Waals surface area contributed by atoms with Gasteiger partial charge in [-0.25, -0.2) is 4.79 Å². The quantitative estimate of drug-likeness (QED) is 0.652. The minimum Gasteiger partial charge on any atom is -0.391 e. The van der Waals surface area contributed by atoms with Crippen LogP contribution in [0.3, 0.4) is 0 Å². The van der Waals surface area contributed by atoms with Gasteiger partial charge in [0.1, 0.15) is 12.3 Å². The minimum absolute atomic E-state index is 0.496. The summed E-state index contributed by atoms with van der Waals surface area (Å²) in [6, 6.07) is 1.21. The Bertz CT molecular complexity index is 574. The third-order valence-corrected chi connectivity index (χ3v) is 3.58. The monoisotopic (exact) mass is 270 g/mol. The van der Waals surface area contributed by atoms with E-state index in [1.807, 2.05) is 0 Å². The predicted octanol–water partition coefficient (Wildman–Crippen LogP) is -0.798. The number of ether oxygens (including phenoxy) is 1. The van der Waals surface area contributed by atoms with E-state index in [1.165, 1.54) is 23.8 Å². The molecule has 1 aromatic heterocycles. The van der Waals surface area contributed by atoms with Crippen molar-refractivity contribution in [2.75, 3.05) is 0 Å². The highest BCUT2D eigenvalue weighted by atomic mass is 16.5. The molecule has 1 aromatic rings. The number of aromatic nitrogens is 2. The van der Waals surface area contributed by atoms with Crippen molar-refractivity contribution in [3.8, 4) is 0 Å². The number of aliphatic hydroxyl groups excluding tert-OH is 2. The molecule has 0 radical (unpaired) electrons. The average Bonchev–Trinajstić information content (AvgIpc) is 2.52. The van der Waals surface area contributed by atoms with Crippen molar-refractivity contribution < 1.29 is 14.9 Å². The highest BCUT2D eigenvalue weighted by Crippen LogP contribution is 2.45. The van der Waals surface area contributed by atoms with Crippen LogP contribution in [0, 0.1) is 5.41 Å². The highest BCUT2D eigenvalue weighted by Gasteiger charge is 2.52. The fourth-order valence-corrected chi connectivity index (χ4v) is 2.38. The van der Waals surface area contributed by atoms with Gasteiger partial charge in [-0.3, -0.25) is 14.3 Å². The topological polar surface area (TPSA) is 105 Å². The highest BCUT2D eigenvalue weighted by molar-refractivity contribution is 4.99. The van der Waals surface area contributed by atoms with Gasteiger partial charge in [0, 0.05) is 17.7 Å². The van der Waals surface area contributed by atoms with Crippen molar-refractivity contribution in [2.24, 2.45) is 5.41 Å². The number of nitrogens with one attached hydrogen (secondary N) is 1. The normalized spacial score (nSPS) is 31.3. The van der Waals surface area contributed by atoms with E-state index in [1.54, 1.807) is 13.8 Å². The zero-order valence-electron chi connectivity index (χ0n) is 11.0. The van der Waals surface area contributed by atoms with Crippen molar-refractivity contribution in [2.45, 2.75) is 45.3 Å². The lowest BCUT2D eigenvalue weighted by Gasteiger charge is -2.28. The Kier molecular flexibility index (Phi) is 3.38. The molecule has 2 rings (SSSR count). The summed E-state index contributed by atoms with van der Waals surface area (Å²) in [5.41, 5.74) is -1.88. The fraction of sp³-hybridized carbons (Fsp3) is 0.667. The van der Waals surface area contributed by atoms with Crippen LogP contribution in [0.5, 0.6) is 0 Å². The minimum atomic E-state index is -0.920. The summed E-state index contributed by atoms with van der Waals surface area (Å²) in [6.07, 6.45) is -2.00. The van der Waals surface area contributed by atoms with Crippen LogP contribution in [0.4, 0.5) is 0 Å². The van der Waals surface area contributed by atoms with Crippen LogP contribution in [-0.2, 0) is 4.74 Å². The lowest BCUT2D eigenvalue weighted by Crippen LogP contribution is -2.40. The van der Waals surface area contributed by atoms with Crippen molar-refractivity contribution in [1.82, 2.24) is 9.55 Å². The molecule has 0 spiro atoms. The second-order valence-corrected chi connectivity index (χ2v) is 5.48. The van der Waals surface area contributed by atoms with E-state index in [2.05, 4.69) is 4.98 Å². The number of aromatic amines is 1. The van der Waals surface area contributed by atoms with Gasteiger partial charge < -0.3 is 14.9 Å². The molecule has 7 nitrogen and oxygen atoms in total. The van der Waals surface area contributed by atoms with Crippen LogP contribution in [0.1, 0.15) is 27.0 Å². The van der Waals surface area contributed by atoms with E-state index in [-0.39, 0.29) is 0 Å². The van der Waals surface area contributed by atoms with Crippen LogP contribution in [-0.4, -0.2) is 38.1 Å². The molecule has 1 saturated heterocycles. The van der Waals surface area contributed by atoms with Crippen LogP contribution in [0.15, 0.2) is 21.9 Å². The molecule has 7 heteroatoms. The number of nitrogens with zero attached hydrogens (tertiary/aromatic N) is 1. The maximum absolute atomic E-state index is 11.8. The Labute approximate surface area is 109 Å². The second kappa shape index (κ2) is 4.59. The van der Waals surface area contributed by atoms with Crippen LogP contribution in [0.25, 0.3) is 0 Å². The molecule has 0 saturated carbocycles. The Morgan fingerprint density at radius 2 is 2.11 bits per heavy atom. The maximum atomic E-state index is 11.8. The van der Waals surface area contributed by atoms with Gasteiger partial charge >= 0.3 is 5.69 Å². The van der Waals surface area contributed by atoms with Crippen molar-refractivity contribution in [1.29, 1.82) is 0 Å². The Hall–Kier alpha value is -1.44. The number of H-pyrrole nitrogens is 1. The molecule has 2 heterocycles. The van der Waals surface area contributed by atoms with Gasteiger partial charge in [-0.1, -0.05) is 13.8 Å². The van der Waals surface area contributed by atoms with Gasteiger partial charge in [-0.15, -0.1) is 0 Å². The number of rotatable bonds is 2. The van der Waals surface area contributed by atoms with Crippen LogP contribution >= 0.6 is 0 Å². The van der Waals surface area contributed by atoms with Gasteiger partial charge in [0.25, 0.3) is 5.56 Å². The van der Waals surface area contributed by atoms with E-state index in [4.69, 9.17) is 4.74 Å². The molecule has 0 amide bonds. The van der Waals surface area contributed by atoms with Gasteiger partial charge in [0.2, 0.25) is 0 Å². The first kappa shape index (κ1) is 14.0. The summed E-state index contributed by atoms with van der Waals surface area (Å²) in [4.78, 5) is 25.0. The van der Waals surface area contributed by atoms with Gasteiger partial charge in [0.05, 0.1) is 12.2 Å². The van der Waals surface area contributed by atoms with E-state index in [0.29, 0.717) is 0 Å². The smallest absolute Gasteiger partial charge is 0.330 e. The summed E-state index contributed by atoms with van der Waals surface area (Å²) in [5, 5.41) is 19.8. The number of hydrogen-bond acceptors (Lipinski definition) is 5. The lowest BCUT2D eigenvalue weighted by molar-refractivity contribution is -0.0800. The lowest BCUT2D eigenvalue weighted by atomic mass is 9.83. The van der Waals surface area contributed by atoms with Crippen LogP contribution < -0.4 is 11.2 Å². The molecule has 1 fully saturated rings. The van der Waals surface area contributed by atoms with E-state index >= 15 is 0 Å². The molecule has 3 N–H and O–H groups in total. The SMILES string of the molecule is C[C@H](O)[C@H]1O[C@@H](n2ccc(=O)[nH]c2=O)C(C)(C)[C@@H]1O. The molecule has 0 aliphatic carbocycles. The number of hydrogen-bond donors (Lipinski definition) is 3. The van der Waals surface area contributed by atoms with Gasteiger partial charge in [-0.05, 0) is 6.92 Å². The zero-order valence-corrected chi connectivity index (χ0v) is 11.0. The molecule has 0 bridgehead atoms. The Morgan fingerprint density at radius 1 is 1.47 bits per heavy atom. The molecule has 1 aliphatic rings. The standard InChI is InChI=1S/C12H18N2O5/c1-6(15)8-9(17)12(2,3)10(19-8)14-5-4-7(16)13-11(14)18/h4-6,8-10,15,17H,1-3H3,(H,13,16,18)/t6-,8+,9+,10+/m0/s1. The molecular formula is C12H18N2O5. The summed E-state index contributed by atoms with van der Waals surface area (Å²) in [5.74, 6) is 0. The van der Waals surface area contributed by atoms with E-state index < -0.39 is 41.2 Å². The van der Waals surface area contributed by atoms with E-state index in [0.717, 1.165) is 0 Å². The summed E-state index contributed by atoms with van der Waals surface area (Å²) < 4.78 is 6.81. The van der Waals surface area contributed by atoms with Crippen molar-refractivity contribution >= 4 is 0 Å². The summed E-state index contributed by atoms with van der Waals surface area (Å²) in [6.45, 7) is 4.99. The molecule has 106 valence electrons. The third kappa shape index (κ3) is 2.24.